The second-order valence-electron chi connectivity index (χ2n) is 3.29. The predicted molar refractivity (Wildman–Crippen MR) is 43.1 cm³/mol. The van der Waals surface area contributed by atoms with E-state index in [1.807, 2.05) is 12.2 Å². The van der Waals surface area contributed by atoms with Crippen molar-refractivity contribution in [1.82, 2.24) is 0 Å². The van der Waals surface area contributed by atoms with Crippen molar-refractivity contribution >= 4 is 5.97 Å². The number of hydrogen-bond donors (Lipinski definition) is 0. The van der Waals surface area contributed by atoms with Crippen LogP contribution in [0.1, 0.15) is 26.7 Å². The van der Waals surface area contributed by atoms with Crippen molar-refractivity contribution in [3.8, 4) is 0 Å². The summed E-state index contributed by atoms with van der Waals surface area (Å²) in [6, 6.07) is 0. The normalized spacial score (nSPS) is 23.9. The number of ether oxygens (including phenoxy) is 1. The van der Waals surface area contributed by atoms with Crippen molar-refractivity contribution in [2.24, 2.45) is 5.92 Å². The van der Waals surface area contributed by atoms with Gasteiger partial charge in [0.2, 0.25) is 0 Å². The molecule has 11 heavy (non-hydrogen) atoms. The van der Waals surface area contributed by atoms with Crippen LogP contribution in [0.2, 0.25) is 0 Å². The molecule has 0 saturated heterocycles. The van der Waals surface area contributed by atoms with Crippen LogP contribution in [-0.4, -0.2) is 12.1 Å². The Morgan fingerprint density at radius 1 is 1.73 bits per heavy atom. The molecule has 0 radical (unpaired) electrons. The summed E-state index contributed by atoms with van der Waals surface area (Å²) in [5, 5.41) is 0. The van der Waals surface area contributed by atoms with Crippen molar-refractivity contribution in [2.75, 3.05) is 0 Å². The molecule has 0 N–H and O–H groups in total. The van der Waals surface area contributed by atoms with Gasteiger partial charge in [-0.15, -0.1) is 0 Å². The van der Waals surface area contributed by atoms with Crippen LogP contribution >= 0.6 is 0 Å². The summed E-state index contributed by atoms with van der Waals surface area (Å²) in [5.41, 5.74) is 0. The van der Waals surface area contributed by atoms with Crippen molar-refractivity contribution in [3.05, 3.63) is 12.2 Å². The molecule has 0 amide bonds. The van der Waals surface area contributed by atoms with E-state index in [2.05, 4.69) is 13.8 Å². The van der Waals surface area contributed by atoms with Crippen molar-refractivity contribution < 1.29 is 9.53 Å². The Morgan fingerprint density at radius 2 is 2.45 bits per heavy atom. The Labute approximate surface area is 67.2 Å². The first-order valence-electron chi connectivity index (χ1n) is 4.04. The zero-order valence-electron chi connectivity index (χ0n) is 7.04. The third-order valence-corrected chi connectivity index (χ3v) is 1.62. The van der Waals surface area contributed by atoms with Gasteiger partial charge in [0, 0.05) is 0 Å². The van der Waals surface area contributed by atoms with Gasteiger partial charge in [0.25, 0.3) is 0 Å². The van der Waals surface area contributed by atoms with E-state index in [1.165, 1.54) is 0 Å². The van der Waals surface area contributed by atoms with Gasteiger partial charge in [-0.05, 0) is 18.4 Å². The van der Waals surface area contributed by atoms with Gasteiger partial charge >= 0.3 is 5.97 Å². The molecule has 1 heterocycles. The average molecular weight is 154 g/mol. The number of carbonyl (C=O) groups is 1. The van der Waals surface area contributed by atoms with Crippen molar-refractivity contribution in [3.63, 3.8) is 0 Å². The fourth-order valence-electron chi connectivity index (χ4n) is 1.16. The van der Waals surface area contributed by atoms with Gasteiger partial charge < -0.3 is 4.74 Å². The van der Waals surface area contributed by atoms with E-state index >= 15 is 0 Å². The first kappa shape index (κ1) is 8.31. The van der Waals surface area contributed by atoms with Crippen LogP contribution < -0.4 is 0 Å². The number of esters is 1. The smallest absolute Gasteiger partial charge is 0.310 e. The number of carbonyl (C=O) groups excluding carboxylic acids is 1. The lowest BCUT2D eigenvalue weighted by molar-refractivity contribution is -0.147. The average Bonchev–Trinajstić information content (AvgIpc) is 1.85. The summed E-state index contributed by atoms with van der Waals surface area (Å²) < 4.78 is 5.07. The maximum absolute atomic E-state index is 10.8. The highest BCUT2D eigenvalue weighted by Crippen LogP contribution is 2.14. The first-order valence-corrected chi connectivity index (χ1v) is 4.04. The van der Waals surface area contributed by atoms with Gasteiger partial charge in [0.1, 0.15) is 6.10 Å². The van der Waals surface area contributed by atoms with Crippen LogP contribution in [-0.2, 0) is 9.53 Å². The maximum atomic E-state index is 10.8. The van der Waals surface area contributed by atoms with E-state index in [-0.39, 0.29) is 12.1 Å². The molecule has 2 heteroatoms. The molecular formula is C9H14O2. The minimum absolute atomic E-state index is 0.0243. The van der Waals surface area contributed by atoms with E-state index in [4.69, 9.17) is 4.74 Å². The fraction of sp³-hybridized carbons (Fsp3) is 0.667. The van der Waals surface area contributed by atoms with Gasteiger partial charge in [0.05, 0.1) is 6.42 Å². The summed E-state index contributed by atoms with van der Waals surface area (Å²) in [6.45, 7) is 4.24. The predicted octanol–water partition coefficient (Wildman–Crippen LogP) is 1.90. The van der Waals surface area contributed by atoms with Crippen LogP contribution in [0.4, 0.5) is 0 Å². The quantitative estimate of drug-likeness (QED) is 0.448. The number of cyclic esters (lactones) is 1. The largest absolute Gasteiger partial charge is 0.458 e. The summed E-state index contributed by atoms with van der Waals surface area (Å²) in [7, 11) is 0. The Bertz CT molecular complexity index is 170. The van der Waals surface area contributed by atoms with Crippen LogP contribution in [0.3, 0.4) is 0 Å². The molecule has 1 aliphatic rings. The zero-order valence-corrected chi connectivity index (χ0v) is 7.04. The molecule has 0 aromatic carbocycles. The molecule has 0 saturated carbocycles. The van der Waals surface area contributed by atoms with Gasteiger partial charge in [-0.2, -0.15) is 0 Å². The summed E-state index contributed by atoms with van der Waals surface area (Å²) in [6.07, 6.45) is 5.26. The second-order valence-corrected chi connectivity index (χ2v) is 3.29. The van der Waals surface area contributed by atoms with E-state index in [0.29, 0.717) is 12.3 Å². The molecule has 1 rings (SSSR count). The van der Waals surface area contributed by atoms with E-state index in [9.17, 15) is 4.79 Å². The molecule has 0 fully saturated rings. The maximum Gasteiger partial charge on any atom is 0.310 e. The standard InChI is InChI=1S/C9H14O2/c1-7(2)6-8-4-3-5-9(10)11-8/h3-4,7-8H,5-6H2,1-2H3/t8-/m1/s1. The van der Waals surface area contributed by atoms with Crippen molar-refractivity contribution in [1.29, 1.82) is 0 Å². The lowest BCUT2D eigenvalue weighted by Crippen LogP contribution is -2.20. The third kappa shape index (κ3) is 2.74. The van der Waals surface area contributed by atoms with Gasteiger partial charge in [-0.3, -0.25) is 4.79 Å². The highest BCUT2D eigenvalue weighted by molar-refractivity contribution is 5.72. The van der Waals surface area contributed by atoms with E-state index < -0.39 is 0 Å². The number of rotatable bonds is 2. The Morgan fingerprint density at radius 3 is 3.00 bits per heavy atom. The molecule has 62 valence electrons. The topological polar surface area (TPSA) is 26.3 Å². The SMILES string of the molecule is CC(C)C[C@H]1C=CCC(=O)O1. The third-order valence-electron chi connectivity index (χ3n) is 1.62. The second kappa shape index (κ2) is 3.56. The molecule has 1 aliphatic heterocycles. The first-order chi connectivity index (χ1) is 5.18. The van der Waals surface area contributed by atoms with Crippen LogP contribution in [0, 0.1) is 5.92 Å². The highest BCUT2D eigenvalue weighted by Gasteiger charge is 2.15. The molecule has 2 nitrogen and oxygen atoms in total. The Kier molecular flexibility index (Phi) is 2.69. The molecule has 0 unspecified atom stereocenters. The minimum atomic E-state index is -0.0989. The molecule has 0 aromatic heterocycles. The van der Waals surface area contributed by atoms with Gasteiger partial charge in [-0.25, -0.2) is 0 Å². The van der Waals surface area contributed by atoms with Crippen LogP contribution in [0.5, 0.6) is 0 Å². The van der Waals surface area contributed by atoms with Crippen LogP contribution in [0.25, 0.3) is 0 Å². The molecule has 0 aliphatic carbocycles. The molecule has 1 atom stereocenters. The van der Waals surface area contributed by atoms with Gasteiger partial charge in [0.15, 0.2) is 0 Å². The lowest BCUT2D eigenvalue weighted by Gasteiger charge is -2.18. The Balaban J connectivity index is 2.40. The molecule has 0 bridgehead atoms. The molecular weight excluding hydrogens is 140 g/mol. The highest BCUT2D eigenvalue weighted by atomic mass is 16.5. The van der Waals surface area contributed by atoms with E-state index in [0.717, 1.165) is 6.42 Å². The Hall–Kier alpha value is -0.790. The van der Waals surface area contributed by atoms with Gasteiger partial charge in [-0.1, -0.05) is 19.9 Å². The summed E-state index contributed by atoms with van der Waals surface area (Å²) in [4.78, 5) is 10.8. The molecule has 0 aromatic rings. The summed E-state index contributed by atoms with van der Waals surface area (Å²) in [5.74, 6) is 0.480. The monoisotopic (exact) mass is 154 g/mol. The fourth-order valence-corrected chi connectivity index (χ4v) is 1.16. The summed E-state index contributed by atoms with van der Waals surface area (Å²) >= 11 is 0. The number of hydrogen-bond acceptors (Lipinski definition) is 2. The van der Waals surface area contributed by atoms with Crippen molar-refractivity contribution in [2.45, 2.75) is 32.8 Å². The molecule has 0 spiro atoms. The minimum Gasteiger partial charge on any atom is -0.458 e. The lowest BCUT2D eigenvalue weighted by atomic mass is 10.0. The van der Waals surface area contributed by atoms with Crippen LogP contribution in [0.15, 0.2) is 12.2 Å². The van der Waals surface area contributed by atoms with E-state index in [1.54, 1.807) is 0 Å². The zero-order chi connectivity index (χ0) is 8.27.